The highest BCUT2D eigenvalue weighted by Gasteiger charge is 2.22. The predicted molar refractivity (Wildman–Crippen MR) is 68.7 cm³/mol. The van der Waals surface area contributed by atoms with Crippen LogP contribution in [0.4, 0.5) is 0 Å². The van der Waals surface area contributed by atoms with Crippen molar-refractivity contribution in [3.05, 3.63) is 0 Å². The molecule has 1 fully saturated rings. The third kappa shape index (κ3) is 5.04. The van der Waals surface area contributed by atoms with Crippen molar-refractivity contribution in [2.24, 2.45) is 11.7 Å². The van der Waals surface area contributed by atoms with E-state index in [4.69, 9.17) is 10.5 Å². The molecule has 1 aliphatic heterocycles. The monoisotopic (exact) mass is 242 g/mol. The first-order valence-electron chi connectivity index (χ1n) is 6.76. The molecule has 1 unspecified atom stereocenters. The van der Waals surface area contributed by atoms with Crippen LogP contribution in [0.2, 0.25) is 0 Å². The Labute approximate surface area is 104 Å². The van der Waals surface area contributed by atoms with E-state index in [0.717, 1.165) is 39.0 Å². The normalized spacial score (nSPS) is 19.4. The van der Waals surface area contributed by atoms with Gasteiger partial charge >= 0.3 is 0 Å². The Hall–Kier alpha value is -0.610. The van der Waals surface area contributed by atoms with Gasteiger partial charge in [0, 0.05) is 26.1 Å². The number of nitrogens with zero attached hydrogens (tertiary/aromatic N) is 1. The number of hydrogen-bond donors (Lipinski definition) is 1. The fourth-order valence-electron chi connectivity index (χ4n) is 2.15. The number of ether oxygens (including phenoxy) is 1. The van der Waals surface area contributed by atoms with Gasteiger partial charge in [-0.1, -0.05) is 6.92 Å². The van der Waals surface area contributed by atoms with Crippen molar-refractivity contribution in [2.75, 3.05) is 26.2 Å². The van der Waals surface area contributed by atoms with Crippen LogP contribution in [0, 0.1) is 5.92 Å². The Kier molecular flexibility index (Phi) is 6.52. The zero-order valence-electron chi connectivity index (χ0n) is 11.2. The second kappa shape index (κ2) is 7.67. The van der Waals surface area contributed by atoms with E-state index in [0.29, 0.717) is 25.0 Å². The van der Waals surface area contributed by atoms with Crippen molar-refractivity contribution in [3.63, 3.8) is 0 Å². The van der Waals surface area contributed by atoms with Gasteiger partial charge in [0.1, 0.15) is 0 Å². The summed E-state index contributed by atoms with van der Waals surface area (Å²) in [7, 11) is 0. The molecule has 1 heterocycles. The van der Waals surface area contributed by atoms with E-state index in [1.807, 2.05) is 11.8 Å². The van der Waals surface area contributed by atoms with Crippen molar-refractivity contribution >= 4 is 5.91 Å². The quantitative estimate of drug-likeness (QED) is 0.765. The standard InChI is InChI=1S/C13H26N2O2/c1-3-17-12-6-8-15(9-7-12)13(16)5-4-11(2)10-14/h11-12H,3-10,14H2,1-2H3. The molecule has 0 aliphatic carbocycles. The number of carbonyl (C=O) groups excluding carboxylic acids is 1. The molecule has 4 heteroatoms. The first-order chi connectivity index (χ1) is 8.17. The molecule has 100 valence electrons. The molecule has 4 nitrogen and oxygen atoms in total. The van der Waals surface area contributed by atoms with Crippen molar-refractivity contribution in [1.29, 1.82) is 0 Å². The minimum Gasteiger partial charge on any atom is -0.378 e. The van der Waals surface area contributed by atoms with E-state index in [-0.39, 0.29) is 5.91 Å². The average molecular weight is 242 g/mol. The van der Waals surface area contributed by atoms with Gasteiger partial charge in [0.2, 0.25) is 5.91 Å². The third-order valence-corrected chi connectivity index (χ3v) is 3.45. The summed E-state index contributed by atoms with van der Waals surface area (Å²) in [6.07, 6.45) is 3.85. The van der Waals surface area contributed by atoms with Gasteiger partial charge in [0.25, 0.3) is 0 Å². The topological polar surface area (TPSA) is 55.6 Å². The maximum atomic E-state index is 11.9. The Morgan fingerprint density at radius 3 is 2.65 bits per heavy atom. The number of piperidine rings is 1. The Morgan fingerprint density at radius 1 is 1.47 bits per heavy atom. The maximum absolute atomic E-state index is 11.9. The lowest BCUT2D eigenvalue weighted by Gasteiger charge is -2.32. The molecular weight excluding hydrogens is 216 g/mol. The van der Waals surface area contributed by atoms with Crippen molar-refractivity contribution in [2.45, 2.75) is 45.6 Å². The lowest BCUT2D eigenvalue weighted by atomic mass is 10.0. The molecule has 1 amide bonds. The van der Waals surface area contributed by atoms with E-state index in [1.165, 1.54) is 0 Å². The van der Waals surface area contributed by atoms with Gasteiger partial charge in [-0.05, 0) is 38.6 Å². The van der Waals surface area contributed by atoms with Crippen LogP contribution < -0.4 is 5.73 Å². The van der Waals surface area contributed by atoms with Crippen LogP contribution in [0.15, 0.2) is 0 Å². The minimum atomic E-state index is 0.278. The highest BCUT2D eigenvalue weighted by Crippen LogP contribution is 2.15. The summed E-state index contributed by atoms with van der Waals surface area (Å²) in [4.78, 5) is 13.9. The van der Waals surface area contributed by atoms with E-state index < -0.39 is 0 Å². The summed E-state index contributed by atoms with van der Waals surface area (Å²) in [5.41, 5.74) is 5.55. The van der Waals surface area contributed by atoms with Gasteiger partial charge in [-0.3, -0.25) is 4.79 Å². The summed E-state index contributed by atoms with van der Waals surface area (Å²) >= 11 is 0. The molecule has 0 saturated carbocycles. The second-order valence-electron chi connectivity index (χ2n) is 4.92. The van der Waals surface area contributed by atoms with Crippen molar-refractivity contribution in [1.82, 2.24) is 4.90 Å². The van der Waals surface area contributed by atoms with Crippen LogP contribution in [0.3, 0.4) is 0 Å². The van der Waals surface area contributed by atoms with Gasteiger partial charge in [-0.15, -0.1) is 0 Å². The zero-order chi connectivity index (χ0) is 12.7. The molecule has 1 rings (SSSR count). The Balaban J connectivity index is 2.21. The molecule has 0 spiro atoms. The van der Waals surface area contributed by atoms with Gasteiger partial charge in [0.05, 0.1) is 6.10 Å². The third-order valence-electron chi connectivity index (χ3n) is 3.45. The van der Waals surface area contributed by atoms with Gasteiger partial charge in [0.15, 0.2) is 0 Å². The zero-order valence-corrected chi connectivity index (χ0v) is 11.2. The number of rotatable bonds is 6. The summed E-state index contributed by atoms with van der Waals surface area (Å²) < 4.78 is 5.57. The molecule has 0 aromatic carbocycles. The first-order valence-corrected chi connectivity index (χ1v) is 6.76. The van der Waals surface area contributed by atoms with Crippen molar-refractivity contribution in [3.8, 4) is 0 Å². The number of amides is 1. The van der Waals surface area contributed by atoms with Crippen LogP contribution in [0.1, 0.15) is 39.5 Å². The summed E-state index contributed by atoms with van der Waals surface area (Å²) in [6, 6.07) is 0. The van der Waals surface area contributed by atoms with Gasteiger partial charge < -0.3 is 15.4 Å². The number of nitrogens with two attached hydrogens (primary N) is 1. The van der Waals surface area contributed by atoms with Gasteiger partial charge in [-0.25, -0.2) is 0 Å². The Bertz CT molecular complexity index is 225. The van der Waals surface area contributed by atoms with Crippen LogP contribution in [0.5, 0.6) is 0 Å². The first kappa shape index (κ1) is 14.5. The van der Waals surface area contributed by atoms with Crippen LogP contribution in [-0.4, -0.2) is 43.2 Å². The molecule has 0 bridgehead atoms. The minimum absolute atomic E-state index is 0.278. The number of likely N-dealkylation sites (tertiary alicyclic amines) is 1. The van der Waals surface area contributed by atoms with E-state index in [9.17, 15) is 4.79 Å². The summed E-state index contributed by atoms with van der Waals surface area (Å²) in [5, 5.41) is 0. The summed E-state index contributed by atoms with van der Waals surface area (Å²) in [6.45, 7) is 7.24. The molecule has 2 N–H and O–H groups in total. The molecule has 17 heavy (non-hydrogen) atoms. The van der Waals surface area contributed by atoms with E-state index in [1.54, 1.807) is 0 Å². The number of hydrogen-bond acceptors (Lipinski definition) is 3. The molecule has 0 aromatic heterocycles. The fraction of sp³-hybridized carbons (Fsp3) is 0.923. The molecule has 0 aromatic rings. The Morgan fingerprint density at radius 2 is 2.12 bits per heavy atom. The van der Waals surface area contributed by atoms with Crippen LogP contribution in [-0.2, 0) is 9.53 Å². The lowest BCUT2D eigenvalue weighted by molar-refractivity contribution is -0.134. The van der Waals surface area contributed by atoms with E-state index in [2.05, 4.69) is 6.92 Å². The van der Waals surface area contributed by atoms with E-state index >= 15 is 0 Å². The average Bonchev–Trinajstić information content (AvgIpc) is 2.36. The number of carbonyl (C=O) groups is 1. The van der Waals surface area contributed by atoms with Crippen LogP contribution in [0.25, 0.3) is 0 Å². The van der Waals surface area contributed by atoms with Crippen LogP contribution >= 0.6 is 0 Å². The SMILES string of the molecule is CCOC1CCN(C(=O)CCC(C)CN)CC1. The summed E-state index contributed by atoms with van der Waals surface area (Å²) in [5.74, 6) is 0.722. The molecule has 0 radical (unpaired) electrons. The molecule has 1 saturated heterocycles. The molecule has 1 atom stereocenters. The smallest absolute Gasteiger partial charge is 0.222 e. The molecular formula is C13H26N2O2. The molecule has 1 aliphatic rings. The van der Waals surface area contributed by atoms with Gasteiger partial charge in [-0.2, -0.15) is 0 Å². The largest absolute Gasteiger partial charge is 0.378 e. The van der Waals surface area contributed by atoms with Crippen molar-refractivity contribution < 1.29 is 9.53 Å². The lowest BCUT2D eigenvalue weighted by Crippen LogP contribution is -2.41. The maximum Gasteiger partial charge on any atom is 0.222 e. The second-order valence-corrected chi connectivity index (χ2v) is 4.92. The predicted octanol–water partition coefficient (Wildman–Crippen LogP) is 1.39. The highest BCUT2D eigenvalue weighted by atomic mass is 16.5. The fourth-order valence-corrected chi connectivity index (χ4v) is 2.15. The highest BCUT2D eigenvalue weighted by molar-refractivity contribution is 5.76.